The molecular weight excluding hydrogens is 510 g/mol. The van der Waals surface area contributed by atoms with Gasteiger partial charge in [-0.25, -0.2) is 4.79 Å². The molecule has 220 valence electrons. The number of benzene rings is 2. The molecule has 0 aromatic heterocycles. The van der Waals surface area contributed by atoms with Crippen LogP contribution in [-0.2, 0) is 14.3 Å². The Bertz CT molecular complexity index is 1180. The highest BCUT2D eigenvalue weighted by Gasteiger charge is 2.44. The molecule has 2 rings (SSSR count). The number of anilines is 1. The molecule has 0 heterocycles. The van der Waals surface area contributed by atoms with Crippen molar-refractivity contribution in [3.05, 3.63) is 53.6 Å². The Balaban J connectivity index is 2.65. The number of hydrogen-bond acceptors (Lipinski definition) is 6. The molecule has 0 aliphatic rings. The first kappa shape index (κ1) is 32.5. The molecule has 9 heteroatoms. The molecular formula is C31H45N3O6. The SMILES string of the molecule is CCC(C)C(NC(=O)OC(C)(C)C)C(=O)N(C(C(=O)Nc1ccc(OC)cc1)c1cccc(C)c1O)C(C)(C)C. The van der Waals surface area contributed by atoms with Crippen LogP contribution >= 0.6 is 0 Å². The van der Waals surface area contributed by atoms with Crippen molar-refractivity contribution >= 4 is 23.6 Å². The van der Waals surface area contributed by atoms with Crippen molar-refractivity contribution in [1.29, 1.82) is 0 Å². The molecule has 2 aromatic carbocycles. The van der Waals surface area contributed by atoms with Crippen molar-refractivity contribution in [3.8, 4) is 11.5 Å². The molecule has 3 amide bonds. The monoisotopic (exact) mass is 555 g/mol. The number of aryl methyl sites for hydroxylation is 1. The lowest BCUT2D eigenvalue weighted by Crippen LogP contribution is -2.59. The van der Waals surface area contributed by atoms with E-state index >= 15 is 0 Å². The predicted octanol–water partition coefficient (Wildman–Crippen LogP) is 5.96. The van der Waals surface area contributed by atoms with Crippen LogP contribution in [0.15, 0.2) is 42.5 Å². The van der Waals surface area contributed by atoms with E-state index in [-0.39, 0.29) is 17.2 Å². The zero-order valence-electron chi connectivity index (χ0n) is 25.4. The molecule has 0 bridgehead atoms. The Morgan fingerprint density at radius 2 is 1.60 bits per heavy atom. The zero-order chi connectivity index (χ0) is 30.4. The van der Waals surface area contributed by atoms with E-state index in [9.17, 15) is 19.5 Å². The van der Waals surface area contributed by atoms with E-state index < -0.39 is 41.1 Å². The maximum atomic E-state index is 14.4. The Morgan fingerprint density at radius 1 is 1.00 bits per heavy atom. The molecule has 0 aliphatic heterocycles. The number of nitrogens with one attached hydrogen (secondary N) is 2. The number of amides is 3. The maximum Gasteiger partial charge on any atom is 0.408 e. The fraction of sp³-hybridized carbons (Fsp3) is 0.516. The highest BCUT2D eigenvalue weighted by Crippen LogP contribution is 2.37. The number of alkyl carbamates (subject to hydrolysis) is 1. The molecule has 0 radical (unpaired) electrons. The van der Waals surface area contributed by atoms with Gasteiger partial charge in [0.15, 0.2) is 0 Å². The first-order chi connectivity index (χ1) is 18.5. The van der Waals surface area contributed by atoms with Crippen molar-refractivity contribution in [1.82, 2.24) is 10.2 Å². The number of hydrogen-bond donors (Lipinski definition) is 3. The fourth-order valence-corrected chi connectivity index (χ4v) is 4.30. The summed E-state index contributed by atoms with van der Waals surface area (Å²) in [6, 6.07) is 9.70. The maximum absolute atomic E-state index is 14.4. The van der Waals surface area contributed by atoms with Crippen molar-refractivity contribution in [2.75, 3.05) is 12.4 Å². The molecule has 40 heavy (non-hydrogen) atoms. The molecule has 3 unspecified atom stereocenters. The van der Waals surface area contributed by atoms with Crippen LogP contribution < -0.4 is 15.4 Å². The molecule has 0 fully saturated rings. The summed E-state index contributed by atoms with van der Waals surface area (Å²) >= 11 is 0. The summed E-state index contributed by atoms with van der Waals surface area (Å²) in [5.41, 5.74) is -0.322. The molecule has 0 saturated heterocycles. The van der Waals surface area contributed by atoms with E-state index in [4.69, 9.17) is 9.47 Å². The lowest BCUT2D eigenvalue weighted by atomic mass is 9.91. The van der Waals surface area contributed by atoms with Gasteiger partial charge in [-0.15, -0.1) is 0 Å². The van der Waals surface area contributed by atoms with Crippen LogP contribution in [0.1, 0.15) is 79.0 Å². The van der Waals surface area contributed by atoms with Crippen LogP contribution in [0.4, 0.5) is 10.5 Å². The summed E-state index contributed by atoms with van der Waals surface area (Å²) in [5, 5.41) is 16.7. The normalized spacial score (nSPS) is 13.9. The number of phenols is 1. The summed E-state index contributed by atoms with van der Waals surface area (Å²) in [7, 11) is 1.55. The lowest BCUT2D eigenvalue weighted by Gasteiger charge is -2.44. The second kappa shape index (κ2) is 13.1. The Labute approximate surface area is 238 Å². The van der Waals surface area contributed by atoms with Gasteiger partial charge in [0.1, 0.15) is 29.2 Å². The van der Waals surface area contributed by atoms with Gasteiger partial charge in [-0.05, 0) is 84.2 Å². The van der Waals surface area contributed by atoms with E-state index in [1.807, 2.05) is 34.6 Å². The Morgan fingerprint density at radius 3 is 2.10 bits per heavy atom. The van der Waals surface area contributed by atoms with E-state index in [1.54, 1.807) is 77.3 Å². The minimum Gasteiger partial charge on any atom is -0.507 e. The number of para-hydroxylation sites is 1. The lowest BCUT2D eigenvalue weighted by molar-refractivity contribution is -0.148. The first-order valence-electron chi connectivity index (χ1n) is 13.6. The van der Waals surface area contributed by atoms with Gasteiger partial charge in [-0.1, -0.05) is 38.5 Å². The third-order valence-corrected chi connectivity index (χ3v) is 6.54. The fourth-order valence-electron chi connectivity index (χ4n) is 4.30. The van der Waals surface area contributed by atoms with E-state index in [1.165, 1.54) is 4.90 Å². The van der Waals surface area contributed by atoms with Gasteiger partial charge in [0.05, 0.1) is 7.11 Å². The van der Waals surface area contributed by atoms with Crippen LogP contribution in [0.3, 0.4) is 0 Å². The topological polar surface area (TPSA) is 117 Å². The summed E-state index contributed by atoms with van der Waals surface area (Å²) in [4.78, 5) is 42.7. The van der Waals surface area contributed by atoms with Gasteiger partial charge in [0, 0.05) is 16.8 Å². The summed E-state index contributed by atoms with van der Waals surface area (Å²) in [6.45, 7) is 16.2. The van der Waals surface area contributed by atoms with Crippen LogP contribution in [0.25, 0.3) is 0 Å². The van der Waals surface area contributed by atoms with Crippen LogP contribution in [-0.4, -0.2) is 52.2 Å². The molecule has 3 atom stereocenters. The number of nitrogens with zero attached hydrogens (tertiary/aromatic N) is 1. The minimum absolute atomic E-state index is 0.0837. The average molecular weight is 556 g/mol. The quantitative estimate of drug-likeness (QED) is 0.352. The molecule has 9 nitrogen and oxygen atoms in total. The Hall–Kier alpha value is -3.75. The van der Waals surface area contributed by atoms with Gasteiger partial charge in [0.25, 0.3) is 5.91 Å². The Kier molecular flexibility index (Phi) is 10.6. The van der Waals surface area contributed by atoms with E-state index in [2.05, 4.69) is 10.6 Å². The van der Waals surface area contributed by atoms with Crippen molar-refractivity contribution in [2.24, 2.45) is 5.92 Å². The van der Waals surface area contributed by atoms with Crippen molar-refractivity contribution < 1.29 is 29.0 Å². The van der Waals surface area contributed by atoms with E-state index in [0.29, 0.717) is 23.4 Å². The second-order valence-corrected chi connectivity index (χ2v) is 12.0. The number of methoxy groups -OCH3 is 1. The summed E-state index contributed by atoms with van der Waals surface area (Å²) < 4.78 is 10.7. The third kappa shape index (κ3) is 8.37. The molecule has 2 aromatic rings. The van der Waals surface area contributed by atoms with Crippen LogP contribution in [0.5, 0.6) is 11.5 Å². The van der Waals surface area contributed by atoms with E-state index in [0.717, 1.165) is 0 Å². The van der Waals surface area contributed by atoms with Gasteiger partial charge in [0.2, 0.25) is 5.91 Å². The van der Waals surface area contributed by atoms with Gasteiger partial charge in [-0.2, -0.15) is 0 Å². The number of rotatable bonds is 9. The first-order valence-corrected chi connectivity index (χ1v) is 13.6. The summed E-state index contributed by atoms with van der Waals surface area (Å²) in [6.07, 6.45) is -0.138. The number of phenolic OH excluding ortho intramolecular Hbond substituents is 1. The van der Waals surface area contributed by atoms with Crippen molar-refractivity contribution in [3.63, 3.8) is 0 Å². The number of aromatic hydroxyl groups is 1. The third-order valence-electron chi connectivity index (χ3n) is 6.54. The molecule has 0 aliphatic carbocycles. The highest BCUT2D eigenvalue weighted by molar-refractivity contribution is 5.99. The largest absolute Gasteiger partial charge is 0.507 e. The zero-order valence-corrected chi connectivity index (χ0v) is 25.4. The molecule has 3 N–H and O–H groups in total. The standard InChI is InChI=1S/C31H45N3O6/c1-11-19(2)24(33-29(38)40-31(7,8)9)28(37)34(30(4,5)6)25(23-14-12-13-20(3)26(23)35)27(36)32-21-15-17-22(39-10)18-16-21/h12-19,24-25,35H,11H2,1-10H3,(H,32,36)(H,33,38). The van der Waals surface area contributed by atoms with Crippen LogP contribution in [0.2, 0.25) is 0 Å². The van der Waals surface area contributed by atoms with Crippen molar-refractivity contribution in [2.45, 2.75) is 92.0 Å². The average Bonchev–Trinajstić information content (AvgIpc) is 2.85. The predicted molar refractivity (Wildman–Crippen MR) is 156 cm³/mol. The van der Waals surface area contributed by atoms with Gasteiger partial charge in [-0.3, -0.25) is 9.59 Å². The molecule has 0 saturated carbocycles. The number of carbonyl (C=O) groups excluding carboxylic acids is 3. The van der Waals surface area contributed by atoms with Crippen LogP contribution in [0, 0.1) is 12.8 Å². The number of carbonyl (C=O) groups is 3. The molecule has 0 spiro atoms. The minimum atomic E-state index is -1.22. The number of ether oxygens (including phenoxy) is 2. The second-order valence-electron chi connectivity index (χ2n) is 12.0. The van der Waals surface area contributed by atoms with Gasteiger partial charge < -0.3 is 30.1 Å². The summed E-state index contributed by atoms with van der Waals surface area (Å²) in [5.74, 6) is -0.721. The highest BCUT2D eigenvalue weighted by atomic mass is 16.6. The smallest absolute Gasteiger partial charge is 0.408 e. The van der Waals surface area contributed by atoms with Gasteiger partial charge >= 0.3 is 6.09 Å².